The highest BCUT2D eigenvalue weighted by molar-refractivity contribution is 5.67. The Bertz CT molecular complexity index is 1300. The molecular weight excluding hydrogens is 406 g/mol. The summed E-state index contributed by atoms with van der Waals surface area (Å²) in [5.74, 6) is 2.05. The van der Waals surface area contributed by atoms with Gasteiger partial charge in [-0.3, -0.25) is 4.40 Å². The zero-order valence-corrected chi connectivity index (χ0v) is 20.2. The summed E-state index contributed by atoms with van der Waals surface area (Å²) in [6.45, 7) is 19.8. The summed E-state index contributed by atoms with van der Waals surface area (Å²) >= 11 is 0. The van der Waals surface area contributed by atoms with Gasteiger partial charge in [-0.25, -0.2) is 9.97 Å². The highest BCUT2D eigenvalue weighted by Crippen LogP contribution is 2.37. The molecule has 1 N–H and O–H groups in total. The van der Waals surface area contributed by atoms with E-state index in [1.54, 1.807) is 0 Å². The predicted molar refractivity (Wildman–Crippen MR) is 135 cm³/mol. The summed E-state index contributed by atoms with van der Waals surface area (Å²) in [4.78, 5) is 11.8. The van der Waals surface area contributed by atoms with Crippen molar-refractivity contribution in [3.05, 3.63) is 89.2 Å². The first-order valence-corrected chi connectivity index (χ1v) is 11.8. The van der Waals surface area contributed by atoms with Gasteiger partial charge in [-0.15, -0.1) is 0 Å². The van der Waals surface area contributed by atoms with Crippen LogP contribution in [0.3, 0.4) is 0 Å². The number of hydrogen-bond donors (Lipinski definition) is 1. The summed E-state index contributed by atoms with van der Waals surface area (Å²) in [7, 11) is 0. The van der Waals surface area contributed by atoms with E-state index in [1.807, 2.05) is 30.5 Å². The molecule has 33 heavy (non-hydrogen) atoms. The largest absolute Gasteiger partial charge is 0.380 e. The number of nitrogens with zero attached hydrogens (tertiary/aromatic N) is 4. The van der Waals surface area contributed by atoms with Gasteiger partial charge >= 0.3 is 0 Å². The molecule has 0 amide bonds. The van der Waals surface area contributed by atoms with E-state index in [0.717, 1.165) is 47.9 Å². The average Bonchev–Trinajstić information content (AvgIpc) is 3.19. The maximum Gasteiger partial charge on any atom is 0.235 e. The predicted octanol–water partition coefficient (Wildman–Crippen LogP) is 5.36. The molecule has 0 spiro atoms. The molecule has 170 valence electrons. The van der Waals surface area contributed by atoms with Gasteiger partial charge in [-0.1, -0.05) is 51.3 Å². The van der Waals surface area contributed by atoms with Gasteiger partial charge in [-0.05, 0) is 54.5 Å². The number of benzene rings is 1. The molecule has 0 fully saturated rings. The quantitative estimate of drug-likeness (QED) is 0.562. The topological polar surface area (TPSA) is 45.5 Å². The maximum absolute atomic E-state index is 4.72. The van der Waals surface area contributed by atoms with Gasteiger partial charge in [0.05, 0.1) is 22.8 Å². The van der Waals surface area contributed by atoms with Crippen molar-refractivity contribution in [3.63, 3.8) is 0 Å². The molecule has 1 aliphatic carbocycles. The van der Waals surface area contributed by atoms with E-state index >= 15 is 0 Å². The van der Waals surface area contributed by atoms with E-state index in [9.17, 15) is 0 Å². The molecule has 3 aromatic rings. The van der Waals surface area contributed by atoms with Crippen molar-refractivity contribution < 1.29 is 0 Å². The van der Waals surface area contributed by atoms with Crippen LogP contribution in [0.4, 0.5) is 0 Å². The molecule has 2 aliphatic rings. The first-order chi connectivity index (χ1) is 15.8. The highest BCUT2D eigenvalue weighted by atomic mass is 15.2. The summed E-state index contributed by atoms with van der Waals surface area (Å²) in [6, 6.07) is 8.91. The van der Waals surface area contributed by atoms with Crippen LogP contribution in [0.5, 0.6) is 0 Å². The van der Waals surface area contributed by atoms with Crippen molar-refractivity contribution in [1.82, 2.24) is 24.6 Å². The summed E-state index contributed by atoms with van der Waals surface area (Å²) < 4.78 is 1.99. The van der Waals surface area contributed by atoms with Crippen LogP contribution < -0.4 is 5.32 Å². The third-order valence-corrected chi connectivity index (χ3v) is 7.15. The average molecular weight is 440 g/mol. The van der Waals surface area contributed by atoms with Crippen LogP contribution in [-0.4, -0.2) is 25.8 Å². The van der Waals surface area contributed by atoms with Gasteiger partial charge in [0.1, 0.15) is 0 Å². The second-order valence-electron chi connectivity index (χ2n) is 9.71. The Balaban J connectivity index is 1.31. The first kappa shape index (κ1) is 21.5. The number of fused-ring (bicyclic) bond motifs is 2. The SMILES string of the molecule is C=C(NCc1ccc2c(c1)CN(C1=CC(C)C1C)CC2)c1cc(C(=C)C)n2cc(C)nc2n1. The highest BCUT2D eigenvalue weighted by Gasteiger charge is 2.30. The molecule has 2 unspecified atom stereocenters. The first-order valence-electron chi connectivity index (χ1n) is 11.8. The lowest BCUT2D eigenvalue weighted by Crippen LogP contribution is -2.38. The zero-order valence-electron chi connectivity index (χ0n) is 20.2. The van der Waals surface area contributed by atoms with Gasteiger partial charge in [0.25, 0.3) is 0 Å². The van der Waals surface area contributed by atoms with Crippen molar-refractivity contribution >= 4 is 17.0 Å². The second-order valence-corrected chi connectivity index (χ2v) is 9.71. The van der Waals surface area contributed by atoms with Gasteiger partial charge in [0, 0.05) is 37.4 Å². The molecule has 3 heterocycles. The fourth-order valence-electron chi connectivity index (χ4n) is 4.91. The van der Waals surface area contributed by atoms with E-state index in [-0.39, 0.29) is 0 Å². The summed E-state index contributed by atoms with van der Waals surface area (Å²) in [6.07, 6.45) is 5.53. The number of hydrogen-bond acceptors (Lipinski definition) is 4. The normalized spacial score (nSPS) is 19.6. The number of rotatable bonds is 6. The molecule has 0 saturated carbocycles. The van der Waals surface area contributed by atoms with Crippen molar-refractivity contribution in [2.24, 2.45) is 11.8 Å². The Morgan fingerprint density at radius 2 is 1.97 bits per heavy atom. The molecule has 0 bridgehead atoms. The van der Waals surface area contributed by atoms with Crippen LogP contribution in [0, 0.1) is 18.8 Å². The van der Waals surface area contributed by atoms with Gasteiger partial charge < -0.3 is 10.2 Å². The lowest BCUT2D eigenvalue weighted by molar-refractivity contribution is 0.239. The molecular formula is C28H33N5. The van der Waals surface area contributed by atoms with E-state index in [0.29, 0.717) is 24.2 Å². The van der Waals surface area contributed by atoms with E-state index < -0.39 is 0 Å². The Morgan fingerprint density at radius 1 is 1.15 bits per heavy atom. The third kappa shape index (κ3) is 3.97. The van der Waals surface area contributed by atoms with Crippen LogP contribution in [-0.2, 0) is 19.5 Å². The lowest BCUT2D eigenvalue weighted by atomic mass is 9.80. The summed E-state index contributed by atoms with van der Waals surface area (Å²) in [5, 5.41) is 3.48. The number of nitrogens with one attached hydrogen (secondary N) is 1. The Labute approximate surface area is 196 Å². The van der Waals surface area contributed by atoms with Crippen molar-refractivity contribution in [1.29, 1.82) is 0 Å². The third-order valence-electron chi connectivity index (χ3n) is 7.15. The van der Waals surface area contributed by atoms with E-state index in [2.05, 4.69) is 66.5 Å². The molecule has 5 nitrogen and oxygen atoms in total. The molecule has 2 aromatic heterocycles. The van der Waals surface area contributed by atoms with Crippen LogP contribution in [0.25, 0.3) is 17.0 Å². The monoisotopic (exact) mass is 439 g/mol. The maximum atomic E-state index is 4.72. The standard InChI is InChI=1S/C28H33N5/c1-17(2)26-13-25(31-28-30-19(4)15-33(26)28)21(6)29-14-22-7-8-23-9-10-32(16-24(23)12-22)27-11-18(3)20(27)5/h7-8,11-13,15,18,20,29H,1,6,9-10,14,16H2,2-5H3. The second kappa shape index (κ2) is 8.22. The smallest absolute Gasteiger partial charge is 0.235 e. The van der Waals surface area contributed by atoms with Crippen LogP contribution in [0.2, 0.25) is 0 Å². The number of allylic oxidation sites excluding steroid dienone is 3. The number of aryl methyl sites for hydroxylation is 1. The van der Waals surface area contributed by atoms with Crippen molar-refractivity contribution in [3.8, 4) is 0 Å². The van der Waals surface area contributed by atoms with E-state index in [4.69, 9.17) is 4.98 Å². The Hall–Kier alpha value is -3.34. The van der Waals surface area contributed by atoms with Gasteiger partial charge in [-0.2, -0.15) is 0 Å². The molecule has 1 aromatic carbocycles. The minimum absolute atomic E-state index is 0.674. The lowest BCUT2D eigenvalue weighted by Gasteiger charge is -2.42. The molecule has 5 rings (SSSR count). The van der Waals surface area contributed by atoms with Gasteiger partial charge in [0.15, 0.2) is 0 Å². The van der Waals surface area contributed by atoms with Crippen LogP contribution in [0.15, 0.2) is 55.4 Å². The molecule has 0 saturated heterocycles. The van der Waals surface area contributed by atoms with Crippen molar-refractivity contribution in [2.75, 3.05) is 6.54 Å². The van der Waals surface area contributed by atoms with Crippen LogP contribution in [0.1, 0.15) is 54.5 Å². The van der Waals surface area contributed by atoms with Crippen LogP contribution >= 0.6 is 0 Å². The fourth-order valence-corrected chi connectivity index (χ4v) is 4.91. The molecule has 1 aliphatic heterocycles. The molecule has 2 atom stereocenters. The molecule has 0 radical (unpaired) electrons. The zero-order chi connectivity index (χ0) is 23.3. The minimum Gasteiger partial charge on any atom is -0.380 e. The van der Waals surface area contributed by atoms with Gasteiger partial charge in [0.2, 0.25) is 5.78 Å². The Kier molecular flexibility index (Phi) is 5.35. The van der Waals surface area contributed by atoms with E-state index in [1.165, 1.54) is 22.4 Å². The minimum atomic E-state index is 0.674. The van der Waals surface area contributed by atoms with Crippen molar-refractivity contribution in [2.45, 2.75) is 47.2 Å². The fraction of sp³-hybridized carbons (Fsp3) is 0.357. The Morgan fingerprint density at radius 3 is 2.70 bits per heavy atom. The summed E-state index contributed by atoms with van der Waals surface area (Å²) in [5.41, 5.74) is 10.2. The number of aromatic nitrogens is 3. The molecule has 5 heteroatoms. The number of imidazole rings is 1.